The Morgan fingerprint density at radius 2 is 0.825 bits per heavy atom. The topological polar surface area (TPSA) is 0 Å². The van der Waals surface area contributed by atoms with Crippen LogP contribution in [0.15, 0.2) is 158 Å². The monoisotopic (exact) mass is 506 g/mol. The second-order valence-electron chi connectivity index (χ2n) is 10.5. The Labute approximate surface area is 233 Å². The molecule has 0 amide bonds. The first kappa shape index (κ1) is 22.8. The summed E-state index contributed by atoms with van der Waals surface area (Å²) < 4.78 is 0. The van der Waals surface area contributed by atoms with Gasteiger partial charge in [0.2, 0.25) is 0 Å². The first-order chi connectivity index (χ1) is 19.9. The largest absolute Gasteiger partial charge is 0.0622 e. The molecule has 0 spiro atoms. The third-order valence-corrected chi connectivity index (χ3v) is 8.23. The summed E-state index contributed by atoms with van der Waals surface area (Å²) in [6.45, 7) is 0. The third kappa shape index (κ3) is 3.54. The highest BCUT2D eigenvalue weighted by Gasteiger charge is 2.19. The highest BCUT2D eigenvalue weighted by atomic mass is 14.2. The molecule has 0 heteroatoms. The van der Waals surface area contributed by atoms with Crippen LogP contribution in [0.5, 0.6) is 0 Å². The molecule has 8 aromatic carbocycles. The molecule has 0 aromatic heterocycles. The normalized spacial score (nSPS) is 11.5. The molecule has 0 heterocycles. The number of fused-ring (bicyclic) bond motifs is 5. The Morgan fingerprint density at radius 3 is 1.57 bits per heavy atom. The summed E-state index contributed by atoms with van der Waals surface area (Å²) >= 11 is 0. The van der Waals surface area contributed by atoms with E-state index in [-0.39, 0.29) is 0 Å². The second kappa shape index (κ2) is 9.22. The Balaban J connectivity index is 1.56. The number of benzene rings is 8. The maximum absolute atomic E-state index is 2.40. The van der Waals surface area contributed by atoms with Crippen molar-refractivity contribution in [1.82, 2.24) is 0 Å². The number of hydrogen-bond acceptors (Lipinski definition) is 0. The lowest BCUT2D eigenvalue weighted by Gasteiger charge is -2.20. The van der Waals surface area contributed by atoms with E-state index >= 15 is 0 Å². The Bertz CT molecular complexity index is 2190. The van der Waals surface area contributed by atoms with E-state index in [1.54, 1.807) is 0 Å². The van der Waals surface area contributed by atoms with Crippen molar-refractivity contribution >= 4 is 43.1 Å². The zero-order valence-electron chi connectivity index (χ0n) is 22.0. The molecule has 0 N–H and O–H groups in total. The van der Waals surface area contributed by atoms with Gasteiger partial charge in [-0.15, -0.1) is 0 Å². The van der Waals surface area contributed by atoms with Gasteiger partial charge in [-0.05, 0) is 82.5 Å². The first-order valence-electron chi connectivity index (χ1n) is 13.9. The molecular weight excluding hydrogens is 480 g/mol. The quantitative estimate of drug-likeness (QED) is 0.165. The van der Waals surface area contributed by atoms with Gasteiger partial charge in [-0.1, -0.05) is 152 Å². The molecular formula is C40H26. The Kier molecular flexibility index (Phi) is 5.24. The maximum Gasteiger partial charge on any atom is -0.00141 e. The number of rotatable bonds is 3. The number of hydrogen-bond donors (Lipinski definition) is 0. The van der Waals surface area contributed by atoms with Gasteiger partial charge in [0.05, 0.1) is 0 Å². The van der Waals surface area contributed by atoms with Crippen molar-refractivity contribution < 1.29 is 0 Å². The summed E-state index contributed by atoms with van der Waals surface area (Å²) in [6.07, 6.45) is 0. The van der Waals surface area contributed by atoms with Gasteiger partial charge in [-0.2, -0.15) is 0 Å². The summed E-state index contributed by atoms with van der Waals surface area (Å²) in [6, 6.07) is 57.5. The Hall–Kier alpha value is -5.20. The van der Waals surface area contributed by atoms with E-state index in [9.17, 15) is 0 Å². The predicted octanol–water partition coefficient (Wildman–Crippen LogP) is 11.3. The van der Waals surface area contributed by atoms with Gasteiger partial charge in [0.15, 0.2) is 0 Å². The van der Waals surface area contributed by atoms with Crippen molar-refractivity contribution in [2.75, 3.05) is 0 Å². The fraction of sp³-hybridized carbons (Fsp3) is 0. The molecule has 0 aliphatic heterocycles. The van der Waals surface area contributed by atoms with Gasteiger partial charge in [-0.25, -0.2) is 0 Å². The highest BCUT2D eigenvalue weighted by Crippen LogP contribution is 2.47. The van der Waals surface area contributed by atoms with Crippen LogP contribution in [-0.2, 0) is 0 Å². The van der Waals surface area contributed by atoms with Crippen LogP contribution >= 0.6 is 0 Å². The third-order valence-electron chi connectivity index (χ3n) is 8.23. The lowest BCUT2D eigenvalue weighted by atomic mass is 9.82. The smallest absolute Gasteiger partial charge is 0.00141 e. The van der Waals surface area contributed by atoms with Gasteiger partial charge in [0.25, 0.3) is 0 Å². The molecule has 0 aliphatic rings. The van der Waals surface area contributed by atoms with Crippen molar-refractivity contribution in [1.29, 1.82) is 0 Å². The predicted molar refractivity (Wildman–Crippen MR) is 173 cm³/mol. The molecule has 0 fully saturated rings. The van der Waals surface area contributed by atoms with Crippen LogP contribution in [0.3, 0.4) is 0 Å². The van der Waals surface area contributed by atoms with Crippen molar-refractivity contribution in [3.05, 3.63) is 158 Å². The molecule has 0 atom stereocenters. The lowest BCUT2D eigenvalue weighted by molar-refractivity contribution is 1.63. The molecule has 0 radical (unpaired) electrons. The second-order valence-corrected chi connectivity index (χ2v) is 10.5. The fourth-order valence-electron chi connectivity index (χ4n) is 6.46. The fourth-order valence-corrected chi connectivity index (χ4v) is 6.46. The molecule has 0 nitrogen and oxygen atoms in total. The van der Waals surface area contributed by atoms with Crippen LogP contribution < -0.4 is 0 Å². The van der Waals surface area contributed by atoms with E-state index in [0.717, 1.165) is 0 Å². The van der Waals surface area contributed by atoms with Gasteiger partial charge in [0.1, 0.15) is 0 Å². The van der Waals surface area contributed by atoms with E-state index < -0.39 is 0 Å². The van der Waals surface area contributed by atoms with Crippen LogP contribution in [0.25, 0.3) is 76.5 Å². The summed E-state index contributed by atoms with van der Waals surface area (Å²) in [4.78, 5) is 0. The van der Waals surface area contributed by atoms with E-state index in [2.05, 4.69) is 158 Å². The van der Waals surface area contributed by atoms with Crippen LogP contribution in [0.2, 0.25) is 0 Å². The molecule has 8 rings (SSSR count). The van der Waals surface area contributed by atoms with E-state index in [1.807, 2.05) is 0 Å². The van der Waals surface area contributed by atoms with Crippen LogP contribution in [0.4, 0.5) is 0 Å². The summed E-state index contributed by atoms with van der Waals surface area (Å²) in [5, 5.41) is 10.2. The average Bonchev–Trinajstić information content (AvgIpc) is 3.04. The maximum atomic E-state index is 2.40. The zero-order chi connectivity index (χ0) is 26.5. The molecule has 0 unspecified atom stereocenters. The van der Waals surface area contributed by atoms with Gasteiger partial charge in [-0.3, -0.25) is 0 Å². The molecule has 8 aromatic rings. The molecule has 40 heavy (non-hydrogen) atoms. The summed E-state index contributed by atoms with van der Waals surface area (Å²) in [7, 11) is 0. The van der Waals surface area contributed by atoms with E-state index in [0.29, 0.717) is 0 Å². The summed E-state index contributed by atoms with van der Waals surface area (Å²) in [5.74, 6) is 0. The highest BCUT2D eigenvalue weighted by molar-refractivity contribution is 6.25. The standard InChI is InChI=1S/C40H26/c1-3-12-27(13-4-1)33-20-11-21-36-38(31-25-24-29-23-22-28-14-7-8-17-32(28)37(29)26-31)34-18-9-10-19-35(34)39(40(33)36)30-15-5-2-6-16-30/h1-26H. The van der Waals surface area contributed by atoms with Crippen molar-refractivity contribution in [2.24, 2.45) is 0 Å². The van der Waals surface area contributed by atoms with Crippen LogP contribution in [0.1, 0.15) is 0 Å². The van der Waals surface area contributed by atoms with E-state index in [1.165, 1.54) is 76.5 Å². The SMILES string of the molecule is c1ccc(-c2cccc3c(-c4ccc5ccc6ccccc6c5c4)c4ccccc4c(-c4ccccc4)c23)cc1. The van der Waals surface area contributed by atoms with Crippen molar-refractivity contribution in [3.63, 3.8) is 0 Å². The minimum Gasteiger partial charge on any atom is -0.0622 e. The van der Waals surface area contributed by atoms with Gasteiger partial charge >= 0.3 is 0 Å². The summed E-state index contributed by atoms with van der Waals surface area (Å²) in [5.41, 5.74) is 7.56. The molecule has 0 saturated carbocycles. The van der Waals surface area contributed by atoms with Gasteiger partial charge < -0.3 is 0 Å². The molecule has 0 aliphatic carbocycles. The lowest BCUT2D eigenvalue weighted by Crippen LogP contribution is -1.93. The molecule has 0 bridgehead atoms. The first-order valence-corrected chi connectivity index (χ1v) is 13.9. The Morgan fingerprint density at radius 1 is 0.275 bits per heavy atom. The average molecular weight is 507 g/mol. The van der Waals surface area contributed by atoms with Gasteiger partial charge in [0, 0.05) is 0 Å². The minimum absolute atomic E-state index is 1.23. The van der Waals surface area contributed by atoms with E-state index in [4.69, 9.17) is 0 Å². The van der Waals surface area contributed by atoms with Crippen LogP contribution in [0, 0.1) is 0 Å². The molecule has 186 valence electrons. The van der Waals surface area contributed by atoms with Crippen molar-refractivity contribution in [2.45, 2.75) is 0 Å². The van der Waals surface area contributed by atoms with Crippen molar-refractivity contribution in [3.8, 4) is 33.4 Å². The molecule has 0 saturated heterocycles. The van der Waals surface area contributed by atoms with Crippen LogP contribution in [-0.4, -0.2) is 0 Å². The minimum atomic E-state index is 1.23. The zero-order valence-corrected chi connectivity index (χ0v) is 22.0.